The van der Waals surface area contributed by atoms with Gasteiger partial charge in [-0.2, -0.15) is 17.9 Å². The standard InChI is InChI=1S/C8H9N3O2S/c9-1-7-10-2-5(3-11-7)8(13)6(12)4-14/h2-3,6,8,12-14H,4H2. The summed E-state index contributed by atoms with van der Waals surface area (Å²) in [4.78, 5) is 7.33. The quantitative estimate of drug-likeness (QED) is 0.596. The van der Waals surface area contributed by atoms with Gasteiger partial charge in [-0.05, 0) is 0 Å². The number of rotatable bonds is 3. The number of hydrogen-bond acceptors (Lipinski definition) is 6. The summed E-state index contributed by atoms with van der Waals surface area (Å²) in [5, 5.41) is 27.2. The van der Waals surface area contributed by atoms with Crippen LogP contribution in [0.25, 0.3) is 0 Å². The first-order chi connectivity index (χ1) is 6.69. The van der Waals surface area contributed by atoms with Crippen LogP contribution in [0.1, 0.15) is 17.5 Å². The van der Waals surface area contributed by atoms with Crippen LogP contribution in [0.3, 0.4) is 0 Å². The summed E-state index contributed by atoms with van der Waals surface area (Å²) in [7, 11) is 0. The van der Waals surface area contributed by atoms with E-state index in [4.69, 9.17) is 5.26 Å². The predicted octanol–water partition coefficient (Wildman–Crippen LogP) is -0.328. The summed E-state index contributed by atoms with van der Waals surface area (Å²) in [5.74, 6) is 0.169. The second kappa shape index (κ2) is 4.91. The molecule has 0 saturated carbocycles. The topological polar surface area (TPSA) is 90.0 Å². The lowest BCUT2D eigenvalue weighted by Gasteiger charge is -2.14. The Morgan fingerprint density at radius 2 is 2.00 bits per heavy atom. The van der Waals surface area contributed by atoms with Gasteiger partial charge in [0.05, 0.1) is 6.10 Å². The van der Waals surface area contributed by atoms with E-state index >= 15 is 0 Å². The molecule has 0 aliphatic heterocycles. The normalized spacial score (nSPS) is 14.4. The molecule has 2 atom stereocenters. The van der Waals surface area contributed by atoms with Crippen LogP contribution in [0.4, 0.5) is 0 Å². The molecule has 2 unspecified atom stereocenters. The number of nitriles is 1. The Morgan fingerprint density at radius 1 is 1.43 bits per heavy atom. The fraction of sp³-hybridized carbons (Fsp3) is 0.375. The van der Waals surface area contributed by atoms with Gasteiger partial charge in [-0.1, -0.05) is 0 Å². The average Bonchev–Trinajstić information content (AvgIpc) is 2.27. The molecule has 0 aliphatic carbocycles. The molecule has 1 rings (SSSR count). The van der Waals surface area contributed by atoms with Gasteiger partial charge in [0.25, 0.3) is 0 Å². The highest BCUT2D eigenvalue weighted by Gasteiger charge is 2.17. The smallest absolute Gasteiger partial charge is 0.232 e. The van der Waals surface area contributed by atoms with Crippen LogP contribution in [-0.2, 0) is 0 Å². The zero-order valence-electron chi connectivity index (χ0n) is 7.20. The molecule has 1 aromatic heterocycles. The van der Waals surface area contributed by atoms with Crippen molar-refractivity contribution in [3.63, 3.8) is 0 Å². The first kappa shape index (κ1) is 10.9. The van der Waals surface area contributed by atoms with E-state index in [1.807, 2.05) is 0 Å². The minimum atomic E-state index is -1.07. The highest BCUT2D eigenvalue weighted by atomic mass is 32.1. The molecule has 0 saturated heterocycles. The number of aliphatic hydroxyl groups excluding tert-OH is 2. The van der Waals surface area contributed by atoms with Crippen LogP contribution in [0.2, 0.25) is 0 Å². The van der Waals surface area contributed by atoms with Gasteiger partial charge in [0.2, 0.25) is 5.82 Å². The number of thiol groups is 1. The molecule has 1 heterocycles. The molecule has 0 spiro atoms. The molecule has 0 radical (unpaired) electrons. The van der Waals surface area contributed by atoms with Gasteiger partial charge >= 0.3 is 0 Å². The summed E-state index contributed by atoms with van der Waals surface area (Å²) in [6.45, 7) is 0. The van der Waals surface area contributed by atoms with E-state index in [2.05, 4.69) is 22.6 Å². The van der Waals surface area contributed by atoms with Crippen molar-refractivity contribution < 1.29 is 10.2 Å². The highest BCUT2D eigenvalue weighted by Crippen LogP contribution is 2.15. The van der Waals surface area contributed by atoms with Crippen LogP contribution in [0, 0.1) is 11.3 Å². The van der Waals surface area contributed by atoms with Gasteiger partial charge < -0.3 is 10.2 Å². The molecule has 74 valence electrons. The molecular weight excluding hydrogens is 202 g/mol. The lowest BCUT2D eigenvalue weighted by molar-refractivity contribution is 0.0333. The van der Waals surface area contributed by atoms with E-state index in [-0.39, 0.29) is 11.6 Å². The molecular formula is C8H9N3O2S. The van der Waals surface area contributed by atoms with Crippen LogP contribution in [0.5, 0.6) is 0 Å². The number of hydrogen-bond donors (Lipinski definition) is 3. The van der Waals surface area contributed by atoms with Gasteiger partial charge in [-0.15, -0.1) is 0 Å². The van der Waals surface area contributed by atoms with Crippen molar-refractivity contribution in [2.75, 3.05) is 5.75 Å². The monoisotopic (exact) mass is 211 g/mol. The zero-order valence-corrected chi connectivity index (χ0v) is 8.09. The molecule has 1 aromatic rings. The van der Waals surface area contributed by atoms with Crippen LogP contribution < -0.4 is 0 Å². The summed E-state index contributed by atoms with van der Waals surface area (Å²) in [5.41, 5.74) is 0.366. The summed E-state index contributed by atoms with van der Waals surface area (Å²) >= 11 is 3.84. The Bertz CT molecular complexity index is 335. The first-order valence-corrected chi connectivity index (χ1v) is 4.51. The van der Waals surface area contributed by atoms with Crippen LogP contribution in [-0.4, -0.2) is 32.0 Å². The van der Waals surface area contributed by atoms with E-state index in [9.17, 15) is 10.2 Å². The third kappa shape index (κ3) is 2.42. The van der Waals surface area contributed by atoms with Gasteiger partial charge in [0.1, 0.15) is 12.2 Å². The zero-order chi connectivity index (χ0) is 10.6. The lowest BCUT2D eigenvalue weighted by Crippen LogP contribution is -2.20. The molecule has 0 aliphatic rings. The molecule has 0 aromatic carbocycles. The van der Waals surface area contributed by atoms with Gasteiger partial charge in [-0.3, -0.25) is 0 Å². The molecule has 6 heteroatoms. The highest BCUT2D eigenvalue weighted by molar-refractivity contribution is 7.80. The Labute approximate surface area is 86.5 Å². The van der Waals surface area contributed by atoms with Crippen molar-refractivity contribution in [2.45, 2.75) is 12.2 Å². The summed E-state index contributed by atoms with van der Waals surface area (Å²) in [6, 6.07) is 1.75. The molecule has 5 nitrogen and oxygen atoms in total. The fourth-order valence-corrected chi connectivity index (χ4v) is 1.07. The maximum absolute atomic E-state index is 9.49. The van der Waals surface area contributed by atoms with E-state index in [1.54, 1.807) is 6.07 Å². The van der Waals surface area contributed by atoms with Crippen molar-refractivity contribution in [1.29, 1.82) is 5.26 Å². The van der Waals surface area contributed by atoms with Crippen LogP contribution >= 0.6 is 12.6 Å². The Balaban J connectivity index is 2.82. The van der Waals surface area contributed by atoms with Crippen molar-refractivity contribution in [2.24, 2.45) is 0 Å². The maximum atomic E-state index is 9.49. The predicted molar refractivity (Wildman–Crippen MR) is 51.6 cm³/mol. The van der Waals surface area contributed by atoms with Crippen LogP contribution in [0.15, 0.2) is 12.4 Å². The summed E-state index contributed by atoms with van der Waals surface area (Å²) < 4.78 is 0. The van der Waals surface area contributed by atoms with Crippen molar-refractivity contribution in [3.8, 4) is 6.07 Å². The summed E-state index contributed by atoms with van der Waals surface area (Å²) in [6.07, 6.45) is 0.585. The van der Waals surface area contributed by atoms with E-state index in [0.29, 0.717) is 5.56 Å². The van der Waals surface area contributed by atoms with E-state index < -0.39 is 12.2 Å². The van der Waals surface area contributed by atoms with Crippen molar-refractivity contribution in [3.05, 3.63) is 23.8 Å². The van der Waals surface area contributed by atoms with Gasteiger partial charge in [-0.25, -0.2) is 9.97 Å². The molecule has 2 N–H and O–H groups in total. The molecule has 0 amide bonds. The minimum Gasteiger partial charge on any atom is -0.389 e. The van der Waals surface area contributed by atoms with Crippen molar-refractivity contribution in [1.82, 2.24) is 9.97 Å². The number of aliphatic hydroxyl groups is 2. The molecule has 0 bridgehead atoms. The fourth-order valence-electron chi connectivity index (χ4n) is 0.870. The van der Waals surface area contributed by atoms with E-state index in [0.717, 1.165) is 0 Å². The van der Waals surface area contributed by atoms with Gasteiger partial charge in [0.15, 0.2) is 0 Å². The maximum Gasteiger partial charge on any atom is 0.232 e. The average molecular weight is 211 g/mol. The second-order valence-corrected chi connectivity index (χ2v) is 3.01. The lowest BCUT2D eigenvalue weighted by atomic mass is 10.1. The Kier molecular flexibility index (Phi) is 3.83. The third-order valence-corrected chi connectivity index (χ3v) is 2.04. The molecule has 0 fully saturated rings. The largest absolute Gasteiger partial charge is 0.389 e. The Hall–Kier alpha value is -1.16. The van der Waals surface area contributed by atoms with E-state index in [1.165, 1.54) is 12.4 Å². The number of aromatic nitrogens is 2. The Morgan fingerprint density at radius 3 is 2.43 bits per heavy atom. The first-order valence-electron chi connectivity index (χ1n) is 3.88. The second-order valence-electron chi connectivity index (χ2n) is 2.65. The third-order valence-electron chi connectivity index (χ3n) is 1.66. The molecule has 14 heavy (non-hydrogen) atoms. The van der Waals surface area contributed by atoms with Gasteiger partial charge in [0, 0.05) is 23.7 Å². The number of nitrogens with zero attached hydrogens (tertiary/aromatic N) is 3. The van der Waals surface area contributed by atoms with Crippen molar-refractivity contribution >= 4 is 12.6 Å². The minimum absolute atomic E-state index is 0.0290. The SMILES string of the molecule is N#Cc1ncc(C(O)C(O)CS)cn1.